The number of likely N-dealkylation sites (N-methyl/N-ethyl adjacent to an activating group) is 1. The van der Waals surface area contributed by atoms with Crippen molar-refractivity contribution < 1.29 is 14.6 Å². The molecule has 0 aromatic heterocycles. The average Bonchev–Trinajstić information content (AvgIpc) is 2.60. The first-order chi connectivity index (χ1) is 11.6. The van der Waals surface area contributed by atoms with E-state index in [9.17, 15) is 9.90 Å². The van der Waals surface area contributed by atoms with Crippen LogP contribution in [0.1, 0.15) is 17.2 Å². The Bertz CT molecular complexity index is 629. The molecule has 0 saturated heterocycles. The van der Waals surface area contributed by atoms with Crippen molar-refractivity contribution in [3.63, 3.8) is 0 Å². The quantitative estimate of drug-likeness (QED) is 0.778. The second-order valence-corrected chi connectivity index (χ2v) is 5.75. The second kappa shape index (κ2) is 9.05. The number of amides is 1. The van der Waals surface area contributed by atoms with E-state index in [2.05, 4.69) is 5.32 Å². The van der Waals surface area contributed by atoms with Crippen LogP contribution in [0.4, 0.5) is 0 Å². The van der Waals surface area contributed by atoms with Crippen LogP contribution in [-0.4, -0.2) is 43.2 Å². The summed E-state index contributed by atoms with van der Waals surface area (Å²) < 4.78 is 5.08. The Kier molecular flexibility index (Phi) is 6.78. The number of nitrogens with zero attached hydrogens (tertiary/aromatic N) is 1. The summed E-state index contributed by atoms with van der Waals surface area (Å²) in [5.41, 5.74) is 1.90. The summed E-state index contributed by atoms with van der Waals surface area (Å²) in [6, 6.07) is 17.1. The van der Waals surface area contributed by atoms with E-state index in [1.54, 1.807) is 31.4 Å². The lowest BCUT2D eigenvalue weighted by Crippen LogP contribution is -2.36. The molecule has 0 heterocycles. The summed E-state index contributed by atoms with van der Waals surface area (Å²) in [7, 11) is 3.49. The lowest BCUT2D eigenvalue weighted by molar-refractivity contribution is -0.122. The fraction of sp³-hybridized carbons (Fsp3) is 0.316. The number of carbonyl (C=O) groups excluding carboxylic acids is 1. The number of hydrogen-bond donors (Lipinski definition) is 2. The standard InChI is InChI=1S/C19H24N2O3/c1-21(13-15-6-4-3-5-7-15)14-19(23)20-12-18(22)16-8-10-17(24-2)11-9-16/h3-11,18,22H,12-14H2,1-2H3,(H,20,23). The Balaban J connectivity index is 1.75. The van der Waals surface area contributed by atoms with Crippen LogP contribution >= 0.6 is 0 Å². The fourth-order valence-electron chi connectivity index (χ4n) is 2.41. The molecule has 24 heavy (non-hydrogen) atoms. The molecule has 0 spiro atoms. The Morgan fingerprint density at radius 3 is 2.46 bits per heavy atom. The number of ether oxygens (including phenoxy) is 1. The summed E-state index contributed by atoms with van der Waals surface area (Å²) in [6.07, 6.45) is -0.737. The van der Waals surface area contributed by atoms with Gasteiger partial charge in [0.15, 0.2) is 0 Å². The van der Waals surface area contributed by atoms with E-state index in [4.69, 9.17) is 4.74 Å². The van der Waals surface area contributed by atoms with Gasteiger partial charge in [0.05, 0.1) is 19.8 Å². The third-order valence-electron chi connectivity index (χ3n) is 3.70. The summed E-state index contributed by atoms with van der Waals surface area (Å²) in [5.74, 6) is 0.624. The van der Waals surface area contributed by atoms with Crippen LogP contribution in [0.25, 0.3) is 0 Å². The second-order valence-electron chi connectivity index (χ2n) is 5.75. The molecule has 2 N–H and O–H groups in total. The SMILES string of the molecule is COc1ccc(C(O)CNC(=O)CN(C)Cc2ccccc2)cc1. The first-order valence-electron chi connectivity index (χ1n) is 7.89. The van der Waals surface area contributed by atoms with Gasteiger partial charge in [-0.25, -0.2) is 0 Å². The molecule has 0 fully saturated rings. The van der Waals surface area contributed by atoms with Gasteiger partial charge in [-0.3, -0.25) is 9.69 Å². The molecule has 5 heteroatoms. The van der Waals surface area contributed by atoms with Gasteiger partial charge in [-0.05, 0) is 30.3 Å². The molecule has 0 aliphatic rings. The summed E-state index contributed by atoms with van der Waals surface area (Å²) in [5, 5.41) is 12.9. The summed E-state index contributed by atoms with van der Waals surface area (Å²) >= 11 is 0. The van der Waals surface area contributed by atoms with Crippen molar-refractivity contribution in [2.75, 3.05) is 27.2 Å². The smallest absolute Gasteiger partial charge is 0.234 e. The van der Waals surface area contributed by atoms with Crippen LogP contribution in [0.15, 0.2) is 54.6 Å². The third kappa shape index (κ3) is 5.68. The lowest BCUT2D eigenvalue weighted by Gasteiger charge is -2.17. The summed E-state index contributed by atoms with van der Waals surface area (Å²) in [4.78, 5) is 13.9. The minimum absolute atomic E-state index is 0.110. The largest absolute Gasteiger partial charge is 0.497 e. The number of carbonyl (C=O) groups is 1. The highest BCUT2D eigenvalue weighted by Gasteiger charge is 2.11. The first kappa shape index (κ1) is 18.0. The van der Waals surface area contributed by atoms with Crippen molar-refractivity contribution in [2.45, 2.75) is 12.6 Å². The number of benzene rings is 2. The topological polar surface area (TPSA) is 61.8 Å². The monoisotopic (exact) mass is 328 g/mol. The Morgan fingerprint density at radius 2 is 1.83 bits per heavy atom. The Labute approximate surface area is 142 Å². The lowest BCUT2D eigenvalue weighted by atomic mass is 10.1. The Morgan fingerprint density at radius 1 is 1.17 bits per heavy atom. The van der Waals surface area contributed by atoms with E-state index < -0.39 is 6.10 Å². The van der Waals surface area contributed by atoms with Crippen molar-refractivity contribution in [2.24, 2.45) is 0 Å². The normalized spacial score (nSPS) is 12.0. The molecular formula is C19H24N2O3. The molecule has 0 aliphatic heterocycles. The van der Waals surface area contributed by atoms with Crippen LogP contribution < -0.4 is 10.1 Å². The van der Waals surface area contributed by atoms with Crippen molar-refractivity contribution in [1.82, 2.24) is 10.2 Å². The highest BCUT2D eigenvalue weighted by atomic mass is 16.5. The number of hydrogen-bond acceptors (Lipinski definition) is 4. The van der Waals surface area contributed by atoms with Crippen molar-refractivity contribution in [3.05, 3.63) is 65.7 Å². The van der Waals surface area contributed by atoms with Crippen LogP contribution in [-0.2, 0) is 11.3 Å². The highest BCUT2D eigenvalue weighted by Crippen LogP contribution is 2.16. The van der Waals surface area contributed by atoms with Crippen LogP contribution in [0.3, 0.4) is 0 Å². The van der Waals surface area contributed by atoms with Gasteiger partial charge in [-0.1, -0.05) is 42.5 Å². The molecule has 0 radical (unpaired) electrons. The molecule has 2 aromatic rings. The van der Waals surface area contributed by atoms with Gasteiger partial charge in [-0.15, -0.1) is 0 Å². The van der Waals surface area contributed by atoms with E-state index >= 15 is 0 Å². The zero-order valence-electron chi connectivity index (χ0n) is 14.1. The summed E-state index contributed by atoms with van der Waals surface area (Å²) in [6.45, 7) is 1.17. The molecule has 1 unspecified atom stereocenters. The number of aliphatic hydroxyl groups is 1. The molecule has 128 valence electrons. The molecule has 1 amide bonds. The van der Waals surface area contributed by atoms with Crippen molar-refractivity contribution >= 4 is 5.91 Å². The minimum Gasteiger partial charge on any atom is -0.497 e. The molecule has 5 nitrogen and oxygen atoms in total. The maximum atomic E-state index is 12.0. The van der Waals surface area contributed by atoms with Crippen molar-refractivity contribution in [1.29, 1.82) is 0 Å². The zero-order valence-corrected chi connectivity index (χ0v) is 14.1. The average molecular weight is 328 g/mol. The molecule has 0 aliphatic carbocycles. The van der Waals surface area contributed by atoms with Gasteiger partial charge in [0.25, 0.3) is 0 Å². The van der Waals surface area contributed by atoms with Gasteiger partial charge < -0.3 is 15.2 Å². The molecular weight excluding hydrogens is 304 g/mol. The molecule has 2 aromatic carbocycles. The molecule has 1 atom stereocenters. The first-order valence-corrected chi connectivity index (χ1v) is 7.89. The van der Waals surface area contributed by atoms with E-state index in [-0.39, 0.29) is 19.0 Å². The number of rotatable bonds is 8. The number of nitrogens with one attached hydrogen (secondary N) is 1. The van der Waals surface area contributed by atoms with Crippen molar-refractivity contribution in [3.8, 4) is 5.75 Å². The van der Waals surface area contributed by atoms with E-state index in [0.717, 1.165) is 16.9 Å². The third-order valence-corrected chi connectivity index (χ3v) is 3.70. The van der Waals surface area contributed by atoms with Crippen LogP contribution in [0.5, 0.6) is 5.75 Å². The highest BCUT2D eigenvalue weighted by molar-refractivity contribution is 5.78. The van der Waals surface area contributed by atoms with E-state index in [1.165, 1.54) is 0 Å². The molecule has 2 rings (SSSR count). The van der Waals surface area contributed by atoms with Gasteiger partial charge in [-0.2, -0.15) is 0 Å². The number of aliphatic hydroxyl groups excluding tert-OH is 1. The van der Waals surface area contributed by atoms with Gasteiger partial charge in [0, 0.05) is 13.1 Å². The predicted octanol–water partition coefficient (Wildman–Crippen LogP) is 1.98. The van der Waals surface area contributed by atoms with Crippen LogP contribution in [0.2, 0.25) is 0 Å². The minimum atomic E-state index is -0.737. The van der Waals surface area contributed by atoms with Gasteiger partial charge in [0.1, 0.15) is 5.75 Å². The molecule has 0 saturated carbocycles. The maximum Gasteiger partial charge on any atom is 0.234 e. The zero-order chi connectivity index (χ0) is 17.4. The molecule has 0 bridgehead atoms. The van der Waals surface area contributed by atoms with Gasteiger partial charge >= 0.3 is 0 Å². The van der Waals surface area contributed by atoms with E-state index in [0.29, 0.717) is 6.54 Å². The van der Waals surface area contributed by atoms with Crippen LogP contribution in [0, 0.1) is 0 Å². The van der Waals surface area contributed by atoms with E-state index in [1.807, 2.05) is 42.3 Å². The maximum absolute atomic E-state index is 12.0. The predicted molar refractivity (Wildman–Crippen MR) is 93.7 cm³/mol. The fourth-order valence-corrected chi connectivity index (χ4v) is 2.41. The number of methoxy groups -OCH3 is 1. The Hall–Kier alpha value is -2.37. The van der Waals surface area contributed by atoms with Gasteiger partial charge in [0.2, 0.25) is 5.91 Å².